The molecular weight excluding hydrogens is 154 g/mol. The summed E-state index contributed by atoms with van der Waals surface area (Å²) in [5.74, 6) is 0.691. The van der Waals surface area contributed by atoms with Gasteiger partial charge in [0.25, 0.3) is 0 Å². The highest BCUT2D eigenvalue weighted by molar-refractivity contribution is 5.22. The summed E-state index contributed by atoms with van der Waals surface area (Å²) in [4.78, 5) is 3.81. The van der Waals surface area contributed by atoms with E-state index in [2.05, 4.69) is 11.1 Å². The van der Waals surface area contributed by atoms with Crippen LogP contribution in [0, 0.1) is 6.07 Å². The molecule has 3 nitrogen and oxygen atoms in total. The van der Waals surface area contributed by atoms with Gasteiger partial charge in [0.1, 0.15) is 12.0 Å². The predicted octanol–water partition coefficient (Wildman–Crippen LogP) is 2.27. The first-order chi connectivity index (χ1) is 5.95. The number of hydrogen-bond acceptors (Lipinski definition) is 3. The number of hydrogen-bond donors (Lipinski definition) is 0. The molecule has 0 N–H and O–H groups in total. The Hall–Kier alpha value is -1.77. The highest BCUT2D eigenvalue weighted by Gasteiger charge is 1.98. The van der Waals surface area contributed by atoms with Crippen LogP contribution in [0.3, 0.4) is 0 Å². The van der Waals surface area contributed by atoms with Gasteiger partial charge in [-0.1, -0.05) is 12.1 Å². The third kappa shape index (κ3) is 1.45. The smallest absolute Gasteiger partial charge is 0.399 e. The molecule has 0 aliphatic heterocycles. The molecule has 59 valence electrons. The van der Waals surface area contributed by atoms with Gasteiger partial charge in [-0.25, -0.2) is 0 Å². The van der Waals surface area contributed by atoms with E-state index in [9.17, 15) is 0 Å². The third-order valence-corrected chi connectivity index (χ3v) is 1.30. The van der Waals surface area contributed by atoms with Gasteiger partial charge in [0.05, 0.1) is 6.20 Å². The van der Waals surface area contributed by atoms with E-state index in [1.165, 1.54) is 12.5 Å². The number of oxazole rings is 1. The average Bonchev–Trinajstić information content (AvgIpc) is 2.59. The minimum absolute atomic E-state index is 0.251. The summed E-state index contributed by atoms with van der Waals surface area (Å²) in [6.07, 6.45) is 3.25. The van der Waals surface area contributed by atoms with E-state index >= 15 is 0 Å². The summed E-state index contributed by atoms with van der Waals surface area (Å²) < 4.78 is 10.1. The zero-order valence-corrected chi connectivity index (χ0v) is 6.23. The SMILES string of the molecule is [c]1ccc(Oc2ncco2)cc1. The van der Waals surface area contributed by atoms with Crippen molar-refractivity contribution in [1.82, 2.24) is 4.98 Å². The van der Waals surface area contributed by atoms with E-state index in [-0.39, 0.29) is 6.08 Å². The summed E-state index contributed by atoms with van der Waals surface area (Å²) in [5.41, 5.74) is 0. The van der Waals surface area contributed by atoms with E-state index in [0.29, 0.717) is 5.75 Å². The average molecular weight is 160 g/mol. The molecule has 0 amide bonds. The van der Waals surface area contributed by atoms with Gasteiger partial charge in [-0.3, -0.25) is 0 Å². The van der Waals surface area contributed by atoms with Crippen molar-refractivity contribution in [3.8, 4) is 11.8 Å². The maximum Gasteiger partial charge on any atom is 0.399 e. The molecule has 0 saturated heterocycles. The van der Waals surface area contributed by atoms with Crippen LogP contribution in [0.4, 0.5) is 0 Å². The fraction of sp³-hybridized carbons (Fsp3) is 0. The number of ether oxygens (including phenoxy) is 1. The van der Waals surface area contributed by atoms with Gasteiger partial charge in [-0.05, 0) is 18.2 Å². The van der Waals surface area contributed by atoms with Crippen molar-refractivity contribution in [2.75, 3.05) is 0 Å². The molecule has 0 aliphatic rings. The second-order valence-electron chi connectivity index (χ2n) is 2.14. The van der Waals surface area contributed by atoms with Gasteiger partial charge in [0.2, 0.25) is 0 Å². The van der Waals surface area contributed by atoms with Crippen LogP contribution in [-0.2, 0) is 0 Å². The Kier molecular flexibility index (Phi) is 1.78. The summed E-state index contributed by atoms with van der Waals surface area (Å²) in [6.45, 7) is 0. The van der Waals surface area contributed by atoms with Crippen LogP contribution in [0.2, 0.25) is 0 Å². The van der Waals surface area contributed by atoms with E-state index in [0.717, 1.165) is 0 Å². The first-order valence-corrected chi connectivity index (χ1v) is 3.48. The minimum Gasteiger partial charge on any atom is -0.417 e. The van der Waals surface area contributed by atoms with Crippen LogP contribution in [0.25, 0.3) is 0 Å². The Morgan fingerprint density at radius 3 is 2.83 bits per heavy atom. The Balaban J connectivity index is 2.15. The number of nitrogens with zero attached hydrogens (tertiary/aromatic N) is 1. The highest BCUT2D eigenvalue weighted by atomic mass is 16.6. The molecule has 12 heavy (non-hydrogen) atoms. The molecule has 0 saturated carbocycles. The number of rotatable bonds is 2. The van der Waals surface area contributed by atoms with Crippen LogP contribution < -0.4 is 4.74 Å². The van der Waals surface area contributed by atoms with Crippen molar-refractivity contribution in [3.63, 3.8) is 0 Å². The second kappa shape index (κ2) is 3.09. The molecule has 2 aromatic rings. The van der Waals surface area contributed by atoms with E-state index in [4.69, 9.17) is 9.15 Å². The van der Waals surface area contributed by atoms with Crippen molar-refractivity contribution < 1.29 is 9.15 Å². The fourth-order valence-corrected chi connectivity index (χ4v) is 0.801. The lowest BCUT2D eigenvalue weighted by Crippen LogP contribution is -1.81. The van der Waals surface area contributed by atoms with Gasteiger partial charge >= 0.3 is 6.08 Å². The van der Waals surface area contributed by atoms with Crippen molar-refractivity contribution >= 4 is 0 Å². The summed E-state index contributed by atoms with van der Waals surface area (Å²) in [5, 5.41) is 0. The molecule has 1 aromatic heterocycles. The summed E-state index contributed by atoms with van der Waals surface area (Å²) in [6, 6.07) is 9.97. The normalized spacial score (nSPS) is 9.67. The van der Waals surface area contributed by atoms with Crippen LogP contribution in [0.5, 0.6) is 11.8 Å². The lowest BCUT2D eigenvalue weighted by Gasteiger charge is -1.97. The molecule has 3 heteroatoms. The van der Waals surface area contributed by atoms with Crippen molar-refractivity contribution in [1.29, 1.82) is 0 Å². The lowest BCUT2D eigenvalue weighted by molar-refractivity contribution is 0.330. The molecule has 1 radical (unpaired) electrons. The Bertz CT molecular complexity index is 329. The largest absolute Gasteiger partial charge is 0.417 e. The van der Waals surface area contributed by atoms with Crippen LogP contribution >= 0.6 is 0 Å². The maximum absolute atomic E-state index is 5.22. The second-order valence-corrected chi connectivity index (χ2v) is 2.14. The lowest BCUT2D eigenvalue weighted by atomic mass is 10.3. The molecule has 0 bridgehead atoms. The van der Waals surface area contributed by atoms with Crippen molar-refractivity contribution in [2.24, 2.45) is 0 Å². The maximum atomic E-state index is 5.22. The van der Waals surface area contributed by atoms with Gasteiger partial charge in [-0.15, -0.1) is 0 Å². The molecular formula is C9H6NO2. The predicted molar refractivity (Wildman–Crippen MR) is 41.9 cm³/mol. The van der Waals surface area contributed by atoms with Gasteiger partial charge in [0.15, 0.2) is 0 Å². The molecule has 0 aliphatic carbocycles. The minimum atomic E-state index is 0.251. The number of aromatic nitrogens is 1. The van der Waals surface area contributed by atoms with E-state index in [1.54, 1.807) is 24.3 Å². The number of benzene rings is 1. The Morgan fingerprint density at radius 1 is 1.33 bits per heavy atom. The first-order valence-electron chi connectivity index (χ1n) is 3.48. The molecule has 1 heterocycles. The Morgan fingerprint density at radius 2 is 2.17 bits per heavy atom. The summed E-state index contributed by atoms with van der Waals surface area (Å²) in [7, 11) is 0. The van der Waals surface area contributed by atoms with Crippen LogP contribution in [0.15, 0.2) is 41.1 Å². The third-order valence-electron chi connectivity index (χ3n) is 1.30. The quantitative estimate of drug-likeness (QED) is 0.675. The molecule has 2 rings (SSSR count). The fourth-order valence-electron chi connectivity index (χ4n) is 0.801. The van der Waals surface area contributed by atoms with E-state index < -0.39 is 0 Å². The molecule has 0 fully saturated rings. The van der Waals surface area contributed by atoms with Crippen LogP contribution in [0.1, 0.15) is 0 Å². The molecule has 1 aromatic carbocycles. The first kappa shape index (κ1) is 6.91. The molecule has 0 spiro atoms. The zero-order valence-electron chi connectivity index (χ0n) is 6.23. The zero-order chi connectivity index (χ0) is 8.23. The van der Waals surface area contributed by atoms with Crippen molar-refractivity contribution in [2.45, 2.75) is 0 Å². The Labute approximate surface area is 69.6 Å². The van der Waals surface area contributed by atoms with Crippen LogP contribution in [-0.4, -0.2) is 4.98 Å². The molecule has 0 unspecified atom stereocenters. The van der Waals surface area contributed by atoms with Gasteiger partial charge in [-0.2, -0.15) is 4.98 Å². The van der Waals surface area contributed by atoms with Gasteiger partial charge in [0, 0.05) is 0 Å². The van der Waals surface area contributed by atoms with Gasteiger partial charge < -0.3 is 9.15 Å². The topological polar surface area (TPSA) is 35.3 Å². The highest BCUT2D eigenvalue weighted by Crippen LogP contribution is 2.17. The van der Waals surface area contributed by atoms with E-state index in [1.807, 2.05) is 0 Å². The monoisotopic (exact) mass is 160 g/mol. The molecule has 0 atom stereocenters. The van der Waals surface area contributed by atoms with Crippen molar-refractivity contribution in [3.05, 3.63) is 42.8 Å². The standard InChI is InChI=1S/C9H6NO2/c1-2-4-8(5-3-1)12-9-10-6-7-11-9/h2-7H. The summed E-state index contributed by atoms with van der Waals surface area (Å²) >= 11 is 0.